The molecule has 0 aliphatic carbocycles. The molecule has 0 aromatic heterocycles. The van der Waals surface area contributed by atoms with Crippen LogP contribution < -0.4 is 11.1 Å². The van der Waals surface area contributed by atoms with Crippen molar-refractivity contribution in [3.63, 3.8) is 0 Å². The molecule has 0 aliphatic heterocycles. The van der Waals surface area contributed by atoms with E-state index in [1.54, 1.807) is 13.8 Å². The molecule has 0 saturated carbocycles. The van der Waals surface area contributed by atoms with Gasteiger partial charge in [0, 0.05) is 18.2 Å². The highest BCUT2D eigenvalue weighted by Gasteiger charge is 2.29. The van der Waals surface area contributed by atoms with E-state index in [0.717, 1.165) is 25.8 Å². The molecule has 0 saturated heterocycles. The summed E-state index contributed by atoms with van der Waals surface area (Å²) in [5.74, 6) is 0.240. The molecule has 0 aromatic rings. The van der Waals surface area contributed by atoms with Gasteiger partial charge >= 0.3 is 0 Å². The molecule has 0 radical (unpaired) electrons. The topological polar surface area (TPSA) is 105 Å². The first-order valence-corrected chi connectivity index (χ1v) is 8.71. The van der Waals surface area contributed by atoms with Crippen LogP contribution in [0.2, 0.25) is 0 Å². The maximum atomic E-state index is 11.5. The minimum atomic E-state index is -3.06. The lowest BCUT2D eigenvalue weighted by atomic mass is 9.86. The average molecular weight is 307 g/mol. The monoisotopic (exact) mass is 307 g/mol. The molecule has 0 heterocycles. The summed E-state index contributed by atoms with van der Waals surface area (Å²) in [5.41, 5.74) is 5.30. The molecule has 0 atom stereocenters. The Morgan fingerprint density at radius 2 is 1.80 bits per heavy atom. The van der Waals surface area contributed by atoms with Gasteiger partial charge < -0.3 is 16.3 Å². The highest BCUT2D eigenvalue weighted by molar-refractivity contribution is 7.92. The lowest BCUT2D eigenvalue weighted by Crippen LogP contribution is -2.42. The second-order valence-corrected chi connectivity index (χ2v) is 9.18. The summed E-state index contributed by atoms with van der Waals surface area (Å²) in [6, 6.07) is 0. The number of amidine groups is 1. The second kappa shape index (κ2) is 7.26. The van der Waals surface area contributed by atoms with E-state index >= 15 is 0 Å². The van der Waals surface area contributed by atoms with Gasteiger partial charge in [0.15, 0.2) is 9.84 Å². The number of unbranched alkanes of at least 4 members (excludes halogenated alkanes) is 1. The van der Waals surface area contributed by atoms with Gasteiger partial charge in [-0.25, -0.2) is 8.42 Å². The number of hydrogen-bond donors (Lipinski definition) is 3. The van der Waals surface area contributed by atoms with Gasteiger partial charge in [-0.2, -0.15) is 0 Å². The van der Waals surface area contributed by atoms with Crippen LogP contribution in [-0.4, -0.2) is 43.6 Å². The van der Waals surface area contributed by atoms with Crippen LogP contribution in [0.15, 0.2) is 5.16 Å². The summed E-state index contributed by atoms with van der Waals surface area (Å²) in [7, 11) is -3.06. The molecule has 7 heteroatoms. The Labute approximate surface area is 122 Å². The summed E-state index contributed by atoms with van der Waals surface area (Å²) in [6.07, 6.45) is 3.92. The van der Waals surface area contributed by atoms with Gasteiger partial charge in [-0.1, -0.05) is 25.4 Å². The van der Waals surface area contributed by atoms with Crippen molar-refractivity contribution < 1.29 is 13.6 Å². The van der Waals surface area contributed by atoms with Gasteiger partial charge in [-0.15, -0.1) is 0 Å². The summed E-state index contributed by atoms with van der Waals surface area (Å²) in [6.45, 7) is 8.50. The van der Waals surface area contributed by atoms with Crippen molar-refractivity contribution in [3.05, 3.63) is 0 Å². The van der Waals surface area contributed by atoms with Crippen molar-refractivity contribution in [2.45, 2.75) is 51.7 Å². The number of hydrogen-bond acceptors (Lipinski definition) is 5. The van der Waals surface area contributed by atoms with Crippen molar-refractivity contribution in [1.82, 2.24) is 5.32 Å². The highest BCUT2D eigenvalue weighted by atomic mass is 32.2. The summed E-state index contributed by atoms with van der Waals surface area (Å²) >= 11 is 0. The molecule has 0 aromatic carbocycles. The smallest absolute Gasteiger partial charge is 0.153 e. The average Bonchev–Trinajstić information content (AvgIpc) is 2.30. The van der Waals surface area contributed by atoms with Crippen LogP contribution in [0.5, 0.6) is 0 Å². The maximum absolute atomic E-state index is 11.5. The third-order valence-corrected chi connectivity index (χ3v) is 5.91. The van der Waals surface area contributed by atoms with Crippen molar-refractivity contribution >= 4 is 15.7 Å². The summed E-state index contributed by atoms with van der Waals surface area (Å²) in [5, 5.41) is 14.9. The molecule has 0 unspecified atom stereocenters. The Morgan fingerprint density at radius 3 is 2.25 bits per heavy atom. The van der Waals surface area contributed by atoms with Crippen molar-refractivity contribution in [2.24, 2.45) is 16.3 Å². The number of nitrogens with two attached hydrogens (primary N) is 1. The van der Waals surface area contributed by atoms with Crippen molar-refractivity contribution in [3.8, 4) is 0 Å². The fourth-order valence-corrected chi connectivity index (χ4v) is 1.97. The fourth-order valence-electron chi connectivity index (χ4n) is 1.60. The minimum Gasteiger partial charge on any atom is -0.409 e. The Hall–Kier alpha value is -0.820. The lowest BCUT2D eigenvalue weighted by molar-refractivity contribution is 0.304. The predicted molar refractivity (Wildman–Crippen MR) is 82.8 cm³/mol. The second-order valence-electron chi connectivity index (χ2n) is 6.53. The summed E-state index contributed by atoms with van der Waals surface area (Å²) < 4.78 is 22.3. The lowest BCUT2D eigenvalue weighted by Gasteiger charge is -2.24. The Morgan fingerprint density at radius 1 is 1.25 bits per heavy atom. The van der Waals surface area contributed by atoms with E-state index in [1.807, 2.05) is 13.8 Å². The predicted octanol–water partition coefficient (Wildman–Crippen LogP) is 1.34. The first-order chi connectivity index (χ1) is 8.94. The standard InChI is InChI=1S/C13H29N3O3S/c1-12(2,11(14)16-17)8-6-7-9-15-10-13(3,4)20(5,18)19/h15,17H,6-10H2,1-5H3,(H2,14,16). The quantitative estimate of drug-likeness (QED) is 0.196. The number of oxime groups is 1. The van der Waals surface area contributed by atoms with Crippen LogP contribution in [0.3, 0.4) is 0 Å². The molecule has 6 nitrogen and oxygen atoms in total. The van der Waals surface area contributed by atoms with E-state index < -0.39 is 14.6 Å². The Kier molecular flexibility index (Phi) is 6.97. The molecule has 0 fully saturated rings. The van der Waals surface area contributed by atoms with Gasteiger partial charge in [0.05, 0.1) is 4.75 Å². The number of nitrogens with zero attached hydrogens (tertiary/aromatic N) is 1. The largest absolute Gasteiger partial charge is 0.409 e. The molecule has 0 rings (SSSR count). The highest BCUT2D eigenvalue weighted by Crippen LogP contribution is 2.23. The zero-order chi connectivity index (χ0) is 16.0. The van der Waals surface area contributed by atoms with Crippen LogP contribution in [0, 0.1) is 5.41 Å². The Balaban J connectivity index is 3.96. The molecule has 0 aliphatic rings. The van der Waals surface area contributed by atoms with Gasteiger partial charge in [0.25, 0.3) is 0 Å². The SMILES string of the molecule is CC(C)(CCCCNCC(C)(C)S(C)(=O)=O)C(N)=NO. The van der Waals surface area contributed by atoms with Gasteiger partial charge in [0.1, 0.15) is 5.84 Å². The first-order valence-electron chi connectivity index (χ1n) is 6.82. The zero-order valence-electron chi connectivity index (χ0n) is 13.2. The Bertz CT molecular complexity index is 428. The maximum Gasteiger partial charge on any atom is 0.153 e. The van der Waals surface area contributed by atoms with E-state index in [-0.39, 0.29) is 11.3 Å². The number of nitrogens with one attached hydrogen (secondary N) is 1. The van der Waals surface area contributed by atoms with E-state index in [0.29, 0.717) is 6.54 Å². The molecule has 0 spiro atoms. The van der Waals surface area contributed by atoms with Gasteiger partial charge in [0.2, 0.25) is 0 Å². The fraction of sp³-hybridized carbons (Fsp3) is 0.923. The third-order valence-electron chi connectivity index (χ3n) is 3.76. The van der Waals surface area contributed by atoms with E-state index in [2.05, 4.69) is 10.5 Å². The number of sulfone groups is 1. The van der Waals surface area contributed by atoms with E-state index in [1.165, 1.54) is 6.26 Å². The summed E-state index contributed by atoms with van der Waals surface area (Å²) in [4.78, 5) is 0. The number of rotatable bonds is 9. The molecule has 0 amide bonds. The van der Waals surface area contributed by atoms with Crippen molar-refractivity contribution in [1.29, 1.82) is 0 Å². The van der Waals surface area contributed by atoms with E-state index in [9.17, 15) is 8.42 Å². The molecule has 0 bridgehead atoms. The molecule has 120 valence electrons. The third kappa shape index (κ3) is 6.09. The van der Waals surface area contributed by atoms with Crippen molar-refractivity contribution in [2.75, 3.05) is 19.3 Å². The first kappa shape index (κ1) is 19.2. The molecule has 4 N–H and O–H groups in total. The molecule has 20 heavy (non-hydrogen) atoms. The van der Waals surface area contributed by atoms with Crippen LogP contribution in [0.4, 0.5) is 0 Å². The van der Waals surface area contributed by atoms with Gasteiger partial charge in [-0.3, -0.25) is 0 Å². The van der Waals surface area contributed by atoms with Crippen LogP contribution in [0.25, 0.3) is 0 Å². The van der Waals surface area contributed by atoms with Crippen LogP contribution in [0.1, 0.15) is 47.0 Å². The molecular formula is C13H29N3O3S. The van der Waals surface area contributed by atoms with Crippen LogP contribution in [-0.2, 0) is 9.84 Å². The zero-order valence-corrected chi connectivity index (χ0v) is 14.0. The van der Waals surface area contributed by atoms with Crippen LogP contribution >= 0.6 is 0 Å². The minimum absolute atomic E-state index is 0.240. The van der Waals surface area contributed by atoms with Gasteiger partial charge in [-0.05, 0) is 33.2 Å². The van der Waals surface area contributed by atoms with E-state index in [4.69, 9.17) is 10.9 Å². The molecular weight excluding hydrogens is 278 g/mol. The normalized spacial score (nSPS) is 14.6.